The van der Waals surface area contributed by atoms with Crippen molar-refractivity contribution >= 4 is 0 Å². The molecule has 0 heterocycles. The van der Waals surface area contributed by atoms with Gasteiger partial charge in [0, 0.05) is 6.04 Å². The maximum Gasteiger partial charge on any atom is 0.0587 e. The van der Waals surface area contributed by atoms with Crippen molar-refractivity contribution in [2.24, 2.45) is 5.73 Å². The molecule has 0 rings (SSSR count). The van der Waals surface area contributed by atoms with E-state index in [1.54, 1.807) is 0 Å². The molecule has 0 aliphatic heterocycles. The summed E-state index contributed by atoms with van der Waals surface area (Å²) in [7, 11) is 0. The van der Waals surface area contributed by atoms with Crippen LogP contribution in [0.3, 0.4) is 0 Å². The van der Waals surface area contributed by atoms with Crippen LogP contribution in [0.4, 0.5) is 0 Å². The Morgan fingerprint density at radius 2 is 1.91 bits per heavy atom. The number of nitrogens with zero attached hydrogens (tertiary/aromatic N) is 1. The Hall–Kier alpha value is -0.120. The van der Waals surface area contributed by atoms with Crippen molar-refractivity contribution in [3.8, 4) is 0 Å². The minimum atomic E-state index is 0.221. The summed E-state index contributed by atoms with van der Waals surface area (Å²) in [5.41, 5.74) is 5.41. The Kier molecular flexibility index (Phi) is 6.51. The molecule has 0 bridgehead atoms. The zero-order chi connectivity index (χ0) is 8.69. The number of aliphatic hydroxyl groups is 1. The number of aliphatic hydroxyl groups excluding tert-OH is 1. The summed E-state index contributed by atoms with van der Waals surface area (Å²) >= 11 is 0. The molecule has 68 valence electrons. The maximum atomic E-state index is 8.99. The highest BCUT2D eigenvalue weighted by atomic mass is 16.3. The van der Waals surface area contributed by atoms with E-state index < -0.39 is 0 Å². The number of nitrogens with two attached hydrogens (primary N) is 1. The summed E-state index contributed by atoms with van der Waals surface area (Å²) in [5, 5.41) is 8.99. The zero-order valence-corrected chi connectivity index (χ0v) is 7.58. The summed E-state index contributed by atoms with van der Waals surface area (Å²) < 4.78 is 0. The molecule has 0 saturated carbocycles. The van der Waals surface area contributed by atoms with E-state index in [4.69, 9.17) is 10.8 Å². The van der Waals surface area contributed by atoms with Gasteiger partial charge in [0.15, 0.2) is 0 Å². The number of hydrogen-bond donors (Lipinski definition) is 2. The molecule has 0 aliphatic rings. The second-order valence-corrected chi connectivity index (χ2v) is 2.63. The van der Waals surface area contributed by atoms with Gasteiger partial charge in [-0.2, -0.15) is 0 Å². The molecule has 0 aromatic rings. The van der Waals surface area contributed by atoms with Crippen molar-refractivity contribution in [3.05, 3.63) is 0 Å². The number of rotatable bonds is 6. The second kappa shape index (κ2) is 6.58. The van der Waals surface area contributed by atoms with E-state index in [-0.39, 0.29) is 12.6 Å². The summed E-state index contributed by atoms with van der Waals surface area (Å²) in [6, 6.07) is 0.259. The molecule has 3 nitrogen and oxygen atoms in total. The first-order valence-corrected chi connectivity index (χ1v) is 4.35. The summed E-state index contributed by atoms with van der Waals surface area (Å²) in [5.74, 6) is 0. The molecule has 0 spiro atoms. The van der Waals surface area contributed by atoms with Gasteiger partial charge in [0.05, 0.1) is 6.61 Å². The highest BCUT2D eigenvalue weighted by Crippen LogP contribution is 2.01. The van der Waals surface area contributed by atoms with Gasteiger partial charge in [0.25, 0.3) is 0 Å². The molecule has 1 atom stereocenters. The largest absolute Gasteiger partial charge is 0.395 e. The molecule has 0 amide bonds. The molecule has 1 unspecified atom stereocenters. The minimum Gasteiger partial charge on any atom is -0.395 e. The van der Waals surface area contributed by atoms with Crippen LogP contribution >= 0.6 is 0 Å². The first-order valence-electron chi connectivity index (χ1n) is 4.35. The molecule has 0 aliphatic carbocycles. The molecule has 0 radical (unpaired) electrons. The lowest BCUT2D eigenvalue weighted by atomic mass is 10.2. The van der Waals surface area contributed by atoms with Crippen LogP contribution in [0.2, 0.25) is 0 Å². The second-order valence-electron chi connectivity index (χ2n) is 2.63. The Morgan fingerprint density at radius 3 is 2.18 bits per heavy atom. The van der Waals surface area contributed by atoms with Gasteiger partial charge in [-0.15, -0.1) is 0 Å². The lowest BCUT2D eigenvalue weighted by Gasteiger charge is -2.27. The third kappa shape index (κ3) is 3.70. The van der Waals surface area contributed by atoms with Gasteiger partial charge < -0.3 is 10.8 Å². The fourth-order valence-corrected chi connectivity index (χ4v) is 1.32. The highest BCUT2D eigenvalue weighted by molar-refractivity contribution is 4.68. The van der Waals surface area contributed by atoms with Crippen LogP contribution in [0.15, 0.2) is 0 Å². The molecule has 3 heteroatoms. The molecular formula is C8H20N2O. The Labute approximate surface area is 69.2 Å². The van der Waals surface area contributed by atoms with Crippen molar-refractivity contribution in [1.82, 2.24) is 4.90 Å². The highest BCUT2D eigenvalue weighted by Gasteiger charge is 2.12. The van der Waals surface area contributed by atoms with Gasteiger partial charge in [0.1, 0.15) is 0 Å². The standard InChI is InChI=1S/C8H20N2O/c1-3-10(4-2)8(7-11)5-6-9/h8,11H,3-7,9H2,1-2H3. The predicted octanol–water partition coefficient (Wildman–Crippen LogP) is 0.0379. The molecule has 0 fully saturated rings. The molecular weight excluding hydrogens is 140 g/mol. The van der Waals surface area contributed by atoms with Crippen LogP contribution in [-0.4, -0.2) is 42.3 Å². The Bertz CT molecular complexity index is 84.2. The molecule has 11 heavy (non-hydrogen) atoms. The van der Waals surface area contributed by atoms with Gasteiger partial charge in [0.2, 0.25) is 0 Å². The number of hydrogen-bond acceptors (Lipinski definition) is 3. The van der Waals surface area contributed by atoms with E-state index >= 15 is 0 Å². The molecule has 0 saturated heterocycles. The van der Waals surface area contributed by atoms with Crippen LogP contribution in [0.5, 0.6) is 0 Å². The van der Waals surface area contributed by atoms with E-state index in [0.717, 1.165) is 19.5 Å². The molecule has 3 N–H and O–H groups in total. The van der Waals surface area contributed by atoms with E-state index in [2.05, 4.69) is 18.7 Å². The van der Waals surface area contributed by atoms with Crippen molar-refractivity contribution in [1.29, 1.82) is 0 Å². The van der Waals surface area contributed by atoms with Crippen molar-refractivity contribution < 1.29 is 5.11 Å². The third-order valence-corrected chi connectivity index (χ3v) is 2.04. The van der Waals surface area contributed by atoms with E-state index in [0.29, 0.717) is 6.54 Å². The first kappa shape index (κ1) is 10.9. The van der Waals surface area contributed by atoms with E-state index in [9.17, 15) is 0 Å². The van der Waals surface area contributed by atoms with Crippen molar-refractivity contribution in [3.63, 3.8) is 0 Å². The smallest absolute Gasteiger partial charge is 0.0587 e. The van der Waals surface area contributed by atoms with Crippen LogP contribution in [0, 0.1) is 0 Å². The van der Waals surface area contributed by atoms with E-state index in [1.807, 2.05) is 0 Å². The normalized spacial score (nSPS) is 13.9. The molecule has 0 aromatic carbocycles. The Morgan fingerprint density at radius 1 is 1.36 bits per heavy atom. The number of likely N-dealkylation sites (N-methyl/N-ethyl adjacent to an activating group) is 1. The fraction of sp³-hybridized carbons (Fsp3) is 1.00. The fourth-order valence-electron chi connectivity index (χ4n) is 1.32. The summed E-state index contributed by atoms with van der Waals surface area (Å²) in [4.78, 5) is 2.23. The molecule has 0 aromatic heterocycles. The van der Waals surface area contributed by atoms with Gasteiger partial charge >= 0.3 is 0 Å². The van der Waals surface area contributed by atoms with Gasteiger partial charge in [-0.3, -0.25) is 4.90 Å². The average molecular weight is 160 g/mol. The van der Waals surface area contributed by atoms with Gasteiger partial charge in [-0.1, -0.05) is 13.8 Å². The monoisotopic (exact) mass is 160 g/mol. The lowest BCUT2D eigenvalue weighted by molar-refractivity contribution is 0.128. The van der Waals surface area contributed by atoms with Gasteiger partial charge in [-0.25, -0.2) is 0 Å². The minimum absolute atomic E-state index is 0.221. The van der Waals surface area contributed by atoms with Crippen molar-refractivity contribution in [2.75, 3.05) is 26.2 Å². The third-order valence-electron chi connectivity index (χ3n) is 2.04. The maximum absolute atomic E-state index is 8.99. The van der Waals surface area contributed by atoms with E-state index in [1.165, 1.54) is 0 Å². The Balaban J connectivity index is 3.76. The van der Waals surface area contributed by atoms with Crippen LogP contribution in [-0.2, 0) is 0 Å². The van der Waals surface area contributed by atoms with Crippen LogP contribution in [0.1, 0.15) is 20.3 Å². The lowest BCUT2D eigenvalue weighted by Crippen LogP contribution is -2.39. The SMILES string of the molecule is CCN(CC)C(CO)CCN. The average Bonchev–Trinajstić information content (AvgIpc) is 2.05. The first-order chi connectivity index (χ1) is 5.29. The summed E-state index contributed by atoms with van der Waals surface area (Å²) in [6.07, 6.45) is 0.887. The van der Waals surface area contributed by atoms with Crippen LogP contribution in [0.25, 0.3) is 0 Å². The quantitative estimate of drug-likeness (QED) is 0.576. The topological polar surface area (TPSA) is 49.5 Å². The predicted molar refractivity (Wildman–Crippen MR) is 47.5 cm³/mol. The van der Waals surface area contributed by atoms with Crippen LogP contribution < -0.4 is 5.73 Å². The summed E-state index contributed by atoms with van der Waals surface area (Å²) in [6.45, 7) is 7.05. The van der Waals surface area contributed by atoms with Crippen molar-refractivity contribution in [2.45, 2.75) is 26.3 Å². The van der Waals surface area contributed by atoms with Gasteiger partial charge in [-0.05, 0) is 26.1 Å². The zero-order valence-electron chi connectivity index (χ0n) is 7.58.